The highest BCUT2D eigenvalue weighted by atomic mass is 32.1. The number of aromatic nitrogens is 4. The van der Waals surface area contributed by atoms with Crippen LogP contribution in [0, 0.1) is 0 Å². The summed E-state index contributed by atoms with van der Waals surface area (Å²) in [6.07, 6.45) is 2.33. The van der Waals surface area contributed by atoms with Crippen LogP contribution in [0.2, 0.25) is 0 Å². The number of carbonyl (C=O) groups excluding carboxylic acids is 2. The average molecular weight is 371 g/mol. The lowest BCUT2D eigenvalue weighted by Crippen LogP contribution is -2.30. The van der Waals surface area contributed by atoms with Gasteiger partial charge in [-0.2, -0.15) is 9.61 Å². The second-order valence-electron chi connectivity index (χ2n) is 6.00. The summed E-state index contributed by atoms with van der Waals surface area (Å²) >= 11 is 1.49. The van der Waals surface area contributed by atoms with E-state index in [1.165, 1.54) is 16.2 Å². The van der Waals surface area contributed by atoms with Crippen molar-refractivity contribution in [1.29, 1.82) is 0 Å². The number of hydrogen-bond donors (Lipinski definition) is 0. The summed E-state index contributed by atoms with van der Waals surface area (Å²) in [6, 6.07) is 6.96. The van der Waals surface area contributed by atoms with Gasteiger partial charge in [0.1, 0.15) is 11.6 Å². The van der Waals surface area contributed by atoms with Gasteiger partial charge in [-0.05, 0) is 25.0 Å². The van der Waals surface area contributed by atoms with Crippen LogP contribution in [-0.4, -0.2) is 50.2 Å². The number of carbonyl (C=O) groups is 2. The SMILES string of the molecule is COCc1nnc2sc(CCCCN3C(=O)c4ccccc4C3=O)nn12. The number of amides is 2. The molecule has 4 rings (SSSR count). The van der Waals surface area contributed by atoms with Crippen molar-refractivity contribution >= 4 is 28.1 Å². The molecule has 0 bridgehead atoms. The van der Waals surface area contributed by atoms with Crippen molar-refractivity contribution in [2.24, 2.45) is 0 Å². The van der Waals surface area contributed by atoms with Crippen molar-refractivity contribution in [3.63, 3.8) is 0 Å². The van der Waals surface area contributed by atoms with E-state index in [0.717, 1.165) is 29.2 Å². The quantitative estimate of drug-likeness (QED) is 0.466. The molecule has 2 amide bonds. The summed E-state index contributed by atoms with van der Waals surface area (Å²) in [6.45, 7) is 0.787. The van der Waals surface area contributed by atoms with Crippen LogP contribution in [-0.2, 0) is 17.8 Å². The monoisotopic (exact) mass is 371 g/mol. The Morgan fingerprint density at radius 2 is 1.81 bits per heavy atom. The topological polar surface area (TPSA) is 89.7 Å². The summed E-state index contributed by atoms with van der Waals surface area (Å²) in [4.78, 5) is 26.7. The molecular weight excluding hydrogens is 354 g/mol. The Bertz CT molecular complexity index is 945. The van der Waals surface area contributed by atoms with E-state index in [0.29, 0.717) is 30.1 Å². The molecule has 0 fully saturated rings. The van der Waals surface area contributed by atoms with Gasteiger partial charge in [-0.15, -0.1) is 10.2 Å². The number of ether oxygens (including phenoxy) is 1. The third-order valence-corrected chi connectivity index (χ3v) is 5.23. The molecule has 0 spiro atoms. The predicted molar refractivity (Wildman–Crippen MR) is 94.1 cm³/mol. The standard InChI is InChI=1S/C17H17N5O3S/c1-25-10-13-18-19-17-22(13)20-14(26-17)8-4-5-9-21-15(23)11-6-2-3-7-12(11)16(21)24/h2-3,6-7H,4-5,8-10H2,1H3. The lowest BCUT2D eigenvalue weighted by molar-refractivity contribution is 0.0652. The molecule has 0 saturated carbocycles. The fourth-order valence-corrected chi connectivity index (χ4v) is 3.90. The van der Waals surface area contributed by atoms with Crippen LogP contribution in [0.3, 0.4) is 0 Å². The van der Waals surface area contributed by atoms with Gasteiger partial charge in [-0.25, -0.2) is 0 Å². The van der Waals surface area contributed by atoms with E-state index < -0.39 is 0 Å². The number of hydrogen-bond acceptors (Lipinski definition) is 7. The molecule has 26 heavy (non-hydrogen) atoms. The predicted octanol–water partition coefficient (Wildman–Crippen LogP) is 1.95. The normalized spacial score (nSPS) is 13.8. The first-order valence-corrected chi connectivity index (χ1v) is 9.15. The minimum atomic E-state index is -0.200. The largest absolute Gasteiger partial charge is 0.377 e. The Balaban J connectivity index is 1.33. The third kappa shape index (κ3) is 2.89. The van der Waals surface area contributed by atoms with E-state index in [1.54, 1.807) is 35.9 Å². The van der Waals surface area contributed by atoms with Crippen molar-refractivity contribution in [1.82, 2.24) is 24.7 Å². The van der Waals surface area contributed by atoms with Crippen molar-refractivity contribution in [2.75, 3.05) is 13.7 Å². The Morgan fingerprint density at radius 3 is 2.50 bits per heavy atom. The molecule has 9 heteroatoms. The summed E-state index contributed by atoms with van der Waals surface area (Å²) in [5.74, 6) is 0.276. The highest BCUT2D eigenvalue weighted by molar-refractivity contribution is 7.16. The van der Waals surface area contributed by atoms with Crippen LogP contribution in [0.4, 0.5) is 0 Å². The number of benzene rings is 1. The average Bonchev–Trinajstić information content (AvgIpc) is 3.28. The summed E-state index contributed by atoms with van der Waals surface area (Å²) < 4.78 is 6.78. The number of unbranched alkanes of at least 4 members (excludes halogenated alkanes) is 1. The minimum absolute atomic E-state index is 0.200. The van der Waals surface area contributed by atoms with E-state index in [4.69, 9.17) is 4.74 Å². The van der Waals surface area contributed by atoms with Gasteiger partial charge in [0.25, 0.3) is 11.8 Å². The molecule has 1 aliphatic rings. The zero-order valence-corrected chi connectivity index (χ0v) is 15.0. The maximum Gasteiger partial charge on any atom is 0.261 e. The van der Waals surface area contributed by atoms with Gasteiger partial charge < -0.3 is 4.74 Å². The number of fused-ring (bicyclic) bond motifs is 2. The number of imide groups is 1. The third-order valence-electron chi connectivity index (χ3n) is 4.27. The van der Waals surface area contributed by atoms with E-state index in [1.807, 2.05) is 0 Å². The summed E-state index contributed by atoms with van der Waals surface area (Å²) in [5.41, 5.74) is 0.994. The molecule has 8 nitrogen and oxygen atoms in total. The van der Waals surface area contributed by atoms with Crippen molar-refractivity contribution in [2.45, 2.75) is 25.9 Å². The van der Waals surface area contributed by atoms with Crippen molar-refractivity contribution in [3.8, 4) is 0 Å². The van der Waals surface area contributed by atoms with Crippen LogP contribution in [0.1, 0.15) is 44.4 Å². The smallest absolute Gasteiger partial charge is 0.261 e. The fraction of sp³-hybridized carbons (Fsp3) is 0.353. The maximum absolute atomic E-state index is 12.3. The first-order valence-electron chi connectivity index (χ1n) is 8.33. The number of nitrogens with zero attached hydrogens (tertiary/aromatic N) is 5. The fourth-order valence-electron chi connectivity index (χ4n) is 3.01. The Labute approximate surface area is 153 Å². The molecule has 3 aromatic rings. The van der Waals surface area contributed by atoms with Gasteiger partial charge in [-0.3, -0.25) is 14.5 Å². The molecule has 0 N–H and O–H groups in total. The highest BCUT2D eigenvalue weighted by Crippen LogP contribution is 2.23. The molecule has 0 aliphatic carbocycles. The van der Waals surface area contributed by atoms with E-state index >= 15 is 0 Å². The molecule has 0 atom stereocenters. The summed E-state index contributed by atoms with van der Waals surface area (Å²) in [7, 11) is 1.60. The molecule has 1 aromatic carbocycles. The van der Waals surface area contributed by atoms with E-state index in [9.17, 15) is 9.59 Å². The van der Waals surface area contributed by atoms with E-state index in [-0.39, 0.29) is 11.8 Å². The Hall–Kier alpha value is -2.65. The van der Waals surface area contributed by atoms with Crippen molar-refractivity contribution in [3.05, 3.63) is 46.2 Å². The molecule has 0 radical (unpaired) electrons. The second kappa shape index (κ2) is 6.93. The maximum atomic E-state index is 12.3. The molecule has 2 aromatic heterocycles. The molecule has 0 saturated heterocycles. The second-order valence-corrected chi connectivity index (χ2v) is 7.04. The lowest BCUT2D eigenvalue weighted by Gasteiger charge is -2.12. The lowest BCUT2D eigenvalue weighted by atomic mass is 10.1. The first-order chi connectivity index (χ1) is 12.7. The minimum Gasteiger partial charge on any atom is -0.377 e. The van der Waals surface area contributed by atoms with Crippen LogP contribution >= 0.6 is 11.3 Å². The van der Waals surface area contributed by atoms with Crippen molar-refractivity contribution < 1.29 is 14.3 Å². The van der Waals surface area contributed by atoms with Crippen LogP contribution in [0.5, 0.6) is 0 Å². The molecule has 3 heterocycles. The number of methoxy groups -OCH3 is 1. The van der Waals surface area contributed by atoms with Crippen LogP contribution in [0.25, 0.3) is 4.96 Å². The Kier molecular flexibility index (Phi) is 4.48. The molecule has 1 aliphatic heterocycles. The van der Waals surface area contributed by atoms with Crippen LogP contribution in [0.15, 0.2) is 24.3 Å². The molecular formula is C17H17N5O3S. The van der Waals surface area contributed by atoms with Gasteiger partial charge in [0.05, 0.1) is 11.1 Å². The summed E-state index contributed by atoms with van der Waals surface area (Å²) in [5, 5.41) is 13.6. The van der Waals surface area contributed by atoms with Gasteiger partial charge >= 0.3 is 0 Å². The van der Waals surface area contributed by atoms with Gasteiger partial charge in [-0.1, -0.05) is 23.5 Å². The van der Waals surface area contributed by atoms with Gasteiger partial charge in [0.2, 0.25) is 4.96 Å². The first kappa shape index (κ1) is 16.8. The molecule has 0 unspecified atom stereocenters. The van der Waals surface area contributed by atoms with Gasteiger partial charge in [0.15, 0.2) is 5.82 Å². The number of rotatable bonds is 7. The van der Waals surface area contributed by atoms with Gasteiger partial charge in [0, 0.05) is 20.1 Å². The number of aryl methyl sites for hydroxylation is 1. The van der Waals surface area contributed by atoms with E-state index in [2.05, 4.69) is 15.3 Å². The highest BCUT2D eigenvalue weighted by Gasteiger charge is 2.34. The van der Waals surface area contributed by atoms with Crippen LogP contribution < -0.4 is 0 Å². The Morgan fingerprint density at radius 1 is 1.08 bits per heavy atom. The zero-order chi connectivity index (χ0) is 18.1. The molecule has 134 valence electrons. The zero-order valence-electron chi connectivity index (χ0n) is 14.2.